The molecular formula is C30H31F3N2O. The fraction of sp³-hybridized carbons (Fsp3) is 0.367. The smallest absolute Gasteiger partial charge is 0.338 e. The first-order valence-corrected chi connectivity index (χ1v) is 12.7. The Kier molecular flexibility index (Phi) is 7.15. The molecule has 3 aromatic rings. The molecule has 0 saturated carbocycles. The summed E-state index contributed by atoms with van der Waals surface area (Å²) in [6.45, 7) is 4.17. The standard InChI is InChI=1S/C30H31F3N2O/c31-30(32,33)27-13-11-25(12-14-27)29(36)35-20-26(28(21-35)24-9-5-2-6-10-24)19-34-17-15-23(16-18-34)22-7-3-1-4-8-22/h1-14,23,26,28H,15-21H2. The van der Waals surface area contributed by atoms with Gasteiger partial charge in [0.25, 0.3) is 5.91 Å². The first-order chi connectivity index (χ1) is 17.4. The van der Waals surface area contributed by atoms with Crippen molar-refractivity contribution in [3.05, 3.63) is 107 Å². The lowest BCUT2D eigenvalue weighted by Crippen LogP contribution is -2.38. The third-order valence-electron chi connectivity index (χ3n) is 7.77. The number of hydrogen-bond donors (Lipinski definition) is 0. The van der Waals surface area contributed by atoms with Crippen molar-refractivity contribution in [3.8, 4) is 0 Å². The molecular weight excluding hydrogens is 461 g/mol. The molecule has 2 aliphatic heterocycles. The third-order valence-corrected chi connectivity index (χ3v) is 7.77. The third kappa shape index (κ3) is 5.49. The van der Waals surface area contributed by atoms with Gasteiger partial charge in [-0.2, -0.15) is 13.2 Å². The van der Waals surface area contributed by atoms with Crippen molar-refractivity contribution in [1.82, 2.24) is 9.80 Å². The van der Waals surface area contributed by atoms with Crippen LogP contribution in [0, 0.1) is 5.92 Å². The second-order valence-corrected chi connectivity index (χ2v) is 10.0. The second-order valence-electron chi connectivity index (χ2n) is 10.0. The summed E-state index contributed by atoms with van der Waals surface area (Å²) < 4.78 is 38.9. The maximum absolute atomic E-state index is 13.3. The molecule has 2 atom stereocenters. The molecule has 3 nitrogen and oxygen atoms in total. The van der Waals surface area contributed by atoms with E-state index in [1.54, 1.807) is 0 Å². The molecule has 2 unspecified atom stereocenters. The van der Waals surface area contributed by atoms with Gasteiger partial charge in [0.2, 0.25) is 0 Å². The maximum atomic E-state index is 13.3. The molecule has 188 valence electrons. The molecule has 0 aliphatic carbocycles. The topological polar surface area (TPSA) is 23.6 Å². The van der Waals surface area contributed by atoms with Crippen LogP contribution in [-0.2, 0) is 6.18 Å². The molecule has 0 radical (unpaired) electrons. The SMILES string of the molecule is O=C(c1ccc(C(F)(F)F)cc1)N1CC(CN2CCC(c3ccccc3)CC2)C(c2ccccc2)C1. The number of alkyl halides is 3. The van der Waals surface area contributed by atoms with Crippen LogP contribution in [0.3, 0.4) is 0 Å². The summed E-state index contributed by atoms with van der Waals surface area (Å²) in [6.07, 6.45) is -2.16. The lowest BCUT2D eigenvalue weighted by Gasteiger charge is -2.34. The quantitative estimate of drug-likeness (QED) is 0.409. The molecule has 3 aromatic carbocycles. The van der Waals surface area contributed by atoms with Crippen LogP contribution < -0.4 is 0 Å². The lowest BCUT2D eigenvalue weighted by atomic mass is 9.86. The lowest BCUT2D eigenvalue weighted by molar-refractivity contribution is -0.137. The highest BCUT2D eigenvalue weighted by Crippen LogP contribution is 2.36. The van der Waals surface area contributed by atoms with Crippen LogP contribution in [-0.4, -0.2) is 48.4 Å². The molecule has 0 N–H and O–H groups in total. The summed E-state index contributed by atoms with van der Waals surface area (Å²) >= 11 is 0. The Hall–Kier alpha value is -3.12. The average molecular weight is 493 g/mol. The van der Waals surface area contributed by atoms with E-state index in [-0.39, 0.29) is 17.7 Å². The van der Waals surface area contributed by atoms with Crippen LogP contribution in [0.15, 0.2) is 84.9 Å². The van der Waals surface area contributed by atoms with E-state index in [1.807, 2.05) is 23.1 Å². The van der Waals surface area contributed by atoms with Crippen molar-refractivity contribution in [2.24, 2.45) is 5.92 Å². The van der Waals surface area contributed by atoms with Gasteiger partial charge in [-0.05, 0) is 73.2 Å². The van der Waals surface area contributed by atoms with Crippen molar-refractivity contribution in [1.29, 1.82) is 0 Å². The molecule has 6 heteroatoms. The average Bonchev–Trinajstić information content (AvgIpc) is 3.33. The molecule has 0 aromatic heterocycles. The molecule has 2 saturated heterocycles. The van der Waals surface area contributed by atoms with Crippen molar-refractivity contribution >= 4 is 5.91 Å². The summed E-state index contributed by atoms with van der Waals surface area (Å²) in [5.41, 5.74) is 2.19. The fourth-order valence-corrected chi connectivity index (χ4v) is 5.79. The summed E-state index contributed by atoms with van der Waals surface area (Å²) in [6, 6.07) is 25.5. The summed E-state index contributed by atoms with van der Waals surface area (Å²) in [5, 5.41) is 0. The monoisotopic (exact) mass is 492 g/mol. The predicted octanol–water partition coefficient (Wildman–Crippen LogP) is 6.44. The van der Waals surface area contributed by atoms with Crippen LogP contribution >= 0.6 is 0 Å². The molecule has 2 aliphatic rings. The Bertz CT molecular complexity index is 1140. The number of nitrogens with zero attached hydrogens (tertiary/aromatic N) is 2. The van der Waals surface area contributed by atoms with Gasteiger partial charge in [0, 0.05) is 31.1 Å². The van der Waals surface area contributed by atoms with Gasteiger partial charge in [-0.25, -0.2) is 0 Å². The molecule has 5 rings (SSSR count). The van der Waals surface area contributed by atoms with Gasteiger partial charge in [-0.3, -0.25) is 4.79 Å². The van der Waals surface area contributed by atoms with Crippen LogP contribution in [0.5, 0.6) is 0 Å². The number of likely N-dealkylation sites (tertiary alicyclic amines) is 2. The molecule has 0 spiro atoms. The van der Waals surface area contributed by atoms with Gasteiger partial charge in [0.15, 0.2) is 0 Å². The normalized spacial score (nSPS) is 21.6. The van der Waals surface area contributed by atoms with Gasteiger partial charge < -0.3 is 9.80 Å². The highest BCUT2D eigenvalue weighted by Gasteiger charge is 2.38. The highest BCUT2D eigenvalue weighted by molar-refractivity contribution is 5.94. The van der Waals surface area contributed by atoms with Gasteiger partial charge in [-0.1, -0.05) is 60.7 Å². The predicted molar refractivity (Wildman–Crippen MR) is 135 cm³/mol. The Labute approximate surface area is 210 Å². The summed E-state index contributed by atoms with van der Waals surface area (Å²) in [7, 11) is 0. The number of rotatable bonds is 5. The number of hydrogen-bond acceptors (Lipinski definition) is 2. The van der Waals surface area contributed by atoms with E-state index in [9.17, 15) is 18.0 Å². The van der Waals surface area contributed by atoms with Gasteiger partial charge in [0.05, 0.1) is 5.56 Å². The van der Waals surface area contributed by atoms with Crippen molar-refractivity contribution in [3.63, 3.8) is 0 Å². The Morgan fingerprint density at radius 2 is 1.36 bits per heavy atom. The highest BCUT2D eigenvalue weighted by atomic mass is 19.4. The zero-order valence-corrected chi connectivity index (χ0v) is 20.2. The van der Waals surface area contributed by atoms with E-state index < -0.39 is 11.7 Å². The summed E-state index contributed by atoms with van der Waals surface area (Å²) in [4.78, 5) is 17.6. The van der Waals surface area contributed by atoms with Crippen LogP contribution in [0.4, 0.5) is 13.2 Å². The van der Waals surface area contributed by atoms with Gasteiger partial charge in [0.1, 0.15) is 0 Å². The zero-order valence-electron chi connectivity index (χ0n) is 20.2. The molecule has 2 heterocycles. The fourth-order valence-electron chi connectivity index (χ4n) is 5.79. The van der Waals surface area contributed by atoms with E-state index >= 15 is 0 Å². The number of piperidine rings is 1. The largest absolute Gasteiger partial charge is 0.416 e. The van der Waals surface area contributed by atoms with E-state index in [0.717, 1.165) is 44.6 Å². The van der Waals surface area contributed by atoms with E-state index in [2.05, 4.69) is 47.4 Å². The number of amides is 1. The molecule has 0 bridgehead atoms. The Balaban J connectivity index is 1.27. The number of halogens is 3. The minimum atomic E-state index is -4.41. The number of benzene rings is 3. The van der Waals surface area contributed by atoms with E-state index in [0.29, 0.717) is 24.6 Å². The summed E-state index contributed by atoms with van der Waals surface area (Å²) in [5.74, 6) is 0.874. The first kappa shape index (κ1) is 24.6. The molecule has 36 heavy (non-hydrogen) atoms. The van der Waals surface area contributed by atoms with Crippen LogP contribution in [0.1, 0.15) is 51.7 Å². The first-order valence-electron chi connectivity index (χ1n) is 12.7. The second kappa shape index (κ2) is 10.5. The van der Waals surface area contributed by atoms with E-state index in [4.69, 9.17) is 0 Å². The van der Waals surface area contributed by atoms with Crippen molar-refractivity contribution in [2.75, 3.05) is 32.7 Å². The van der Waals surface area contributed by atoms with Crippen LogP contribution in [0.25, 0.3) is 0 Å². The van der Waals surface area contributed by atoms with E-state index in [1.165, 1.54) is 23.3 Å². The van der Waals surface area contributed by atoms with Gasteiger partial charge >= 0.3 is 6.18 Å². The Morgan fingerprint density at radius 1 is 0.778 bits per heavy atom. The minimum absolute atomic E-state index is 0.199. The Morgan fingerprint density at radius 3 is 1.94 bits per heavy atom. The van der Waals surface area contributed by atoms with Crippen molar-refractivity contribution < 1.29 is 18.0 Å². The minimum Gasteiger partial charge on any atom is -0.338 e. The zero-order chi connectivity index (χ0) is 25.1. The number of carbonyl (C=O) groups excluding carboxylic acids is 1. The van der Waals surface area contributed by atoms with Crippen molar-refractivity contribution in [2.45, 2.75) is 30.9 Å². The maximum Gasteiger partial charge on any atom is 0.416 e. The molecule has 2 fully saturated rings. The van der Waals surface area contributed by atoms with Gasteiger partial charge in [-0.15, -0.1) is 0 Å². The van der Waals surface area contributed by atoms with Crippen LogP contribution in [0.2, 0.25) is 0 Å². The number of carbonyl (C=O) groups is 1. The molecule has 1 amide bonds.